The summed E-state index contributed by atoms with van der Waals surface area (Å²) >= 11 is 0. The molecular formula is C23H18F3N5O3. The van der Waals surface area contributed by atoms with Crippen molar-refractivity contribution in [1.82, 2.24) is 19.5 Å². The van der Waals surface area contributed by atoms with E-state index in [1.54, 1.807) is 54.2 Å². The van der Waals surface area contributed by atoms with Crippen molar-refractivity contribution in [2.24, 2.45) is 0 Å². The van der Waals surface area contributed by atoms with Crippen LogP contribution in [0.25, 0.3) is 5.82 Å². The van der Waals surface area contributed by atoms with Crippen LogP contribution in [0, 0.1) is 13.8 Å². The highest BCUT2D eigenvalue weighted by Crippen LogP contribution is 2.25. The van der Waals surface area contributed by atoms with Gasteiger partial charge in [-0.1, -0.05) is 6.07 Å². The molecule has 0 saturated heterocycles. The second kappa shape index (κ2) is 9.22. The van der Waals surface area contributed by atoms with Crippen molar-refractivity contribution in [3.05, 3.63) is 84.2 Å². The molecule has 0 atom stereocenters. The number of carbonyl (C=O) groups excluding carboxylic acids is 1. The fourth-order valence-corrected chi connectivity index (χ4v) is 3.09. The largest absolute Gasteiger partial charge is 0.573 e. The number of nitrogens with zero attached hydrogens (tertiary/aromatic N) is 4. The lowest BCUT2D eigenvalue weighted by molar-refractivity contribution is -0.274. The molecule has 34 heavy (non-hydrogen) atoms. The van der Waals surface area contributed by atoms with Gasteiger partial charge < -0.3 is 14.8 Å². The average molecular weight is 469 g/mol. The predicted octanol–water partition coefficient (Wildman–Crippen LogP) is 5.22. The highest BCUT2D eigenvalue weighted by atomic mass is 19.4. The Morgan fingerprint density at radius 3 is 2.44 bits per heavy atom. The molecule has 0 aliphatic rings. The summed E-state index contributed by atoms with van der Waals surface area (Å²) in [7, 11) is 0. The number of aromatic nitrogens is 4. The van der Waals surface area contributed by atoms with Crippen LogP contribution in [0.15, 0.2) is 67.0 Å². The number of anilines is 1. The lowest BCUT2D eigenvalue weighted by Gasteiger charge is -2.11. The zero-order valence-electron chi connectivity index (χ0n) is 18.0. The van der Waals surface area contributed by atoms with Gasteiger partial charge in [0, 0.05) is 29.7 Å². The molecule has 2 aromatic carbocycles. The van der Waals surface area contributed by atoms with Gasteiger partial charge in [-0.05, 0) is 56.3 Å². The number of nitrogens with one attached hydrogen (secondary N) is 1. The van der Waals surface area contributed by atoms with E-state index in [-0.39, 0.29) is 5.56 Å². The second-order valence-electron chi connectivity index (χ2n) is 7.11. The Morgan fingerprint density at radius 1 is 1.00 bits per heavy atom. The topological polar surface area (TPSA) is 91.2 Å². The highest BCUT2D eigenvalue weighted by molar-refractivity contribution is 6.04. The number of halogens is 3. The monoisotopic (exact) mass is 469 g/mol. The third-order valence-electron chi connectivity index (χ3n) is 4.54. The van der Waals surface area contributed by atoms with E-state index in [1.807, 2.05) is 6.92 Å². The van der Waals surface area contributed by atoms with Gasteiger partial charge in [-0.2, -0.15) is 4.98 Å². The van der Waals surface area contributed by atoms with Crippen LogP contribution in [0.2, 0.25) is 0 Å². The van der Waals surface area contributed by atoms with Gasteiger partial charge in [-0.3, -0.25) is 9.36 Å². The van der Waals surface area contributed by atoms with Crippen LogP contribution in [0.4, 0.5) is 18.9 Å². The second-order valence-corrected chi connectivity index (χ2v) is 7.11. The average Bonchev–Trinajstić information content (AvgIpc) is 3.19. The van der Waals surface area contributed by atoms with E-state index in [1.165, 1.54) is 12.1 Å². The molecule has 0 fully saturated rings. The maximum Gasteiger partial charge on any atom is 0.573 e. The number of ether oxygens (including phenoxy) is 2. The first kappa shape index (κ1) is 22.8. The van der Waals surface area contributed by atoms with Crippen molar-refractivity contribution >= 4 is 11.6 Å². The molecule has 0 bridgehead atoms. The lowest BCUT2D eigenvalue weighted by Crippen LogP contribution is -2.18. The third kappa shape index (κ3) is 5.68. The minimum absolute atomic E-state index is 0.0147. The van der Waals surface area contributed by atoms with Crippen molar-refractivity contribution in [2.45, 2.75) is 20.2 Å². The molecule has 0 aliphatic heterocycles. The molecule has 1 N–H and O–H groups in total. The molecule has 8 nitrogen and oxygen atoms in total. The predicted molar refractivity (Wildman–Crippen MR) is 116 cm³/mol. The highest BCUT2D eigenvalue weighted by Gasteiger charge is 2.31. The standard InChI is InChI=1S/C23H18F3N5O3/c1-14-28-20(31-11-10-27-15(31)2)13-21(29-14)33-18-8-6-17(7-9-18)30-22(32)16-4-3-5-19(12-16)34-23(24,25)26/h3-13H,1-2H3,(H,30,32). The molecular weight excluding hydrogens is 451 g/mol. The molecule has 0 aliphatic carbocycles. The number of carbonyl (C=O) groups is 1. The van der Waals surface area contributed by atoms with Gasteiger partial charge in [-0.15, -0.1) is 13.2 Å². The number of rotatable bonds is 6. The molecule has 0 radical (unpaired) electrons. The van der Waals surface area contributed by atoms with Crippen LogP contribution in [0.3, 0.4) is 0 Å². The first-order valence-electron chi connectivity index (χ1n) is 9.97. The summed E-state index contributed by atoms with van der Waals surface area (Å²) in [6.07, 6.45) is -1.39. The molecule has 4 aromatic rings. The number of amides is 1. The Hall–Kier alpha value is -4.41. The maximum atomic E-state index is 12.4. The molecule has 2 aromatic heterocycles. The van der Waals surface area contributed by atoms with Crippen molar-refractivity contribution in [2.75, 3.05) is 5.32 Å². The fraction of sp³-hybridized carbons (Fsp3) is 0.130. The van der Waals surface area contributed by atoms with Crippen LogP contribution >= 0.6 is 0 Å². The molecule has 0 saturated carbocycles. The quantitative estimate of drug-likeness (QED) is 0.416. The molecule has 2 heterocycles. The number of hydrogen-bond acceptors (Lipinski definition) is 6. The van der Waals surface area contributed by atoms with E-state index in [0.29, 0.717) is 29.0 Å². The van der Waals surface area contributed by atoms with Gasteiger partial charge in [0.1, 0.15) is 29.0 Å². The van der Waals surface area contributed by atoms with E-state index in [4.69, 9.17) is 4.74 Å². The number of benzene rings is 2. The van der Waals surface area contributed by atoms with Gasteiger partial charge in [0.15, 0.2) is 0 Å². The minimum Gasteiger partial charge on any atom is -0.439 e. The van der Waals surface area contributed by atoms with Crippen LogP contribution in [-0.2, 0) is 0 Å². The summed E-state index contributed by atoms with van der Waals surface area (Å²) in [5.41, 5.74) is 0.439. The van der Waals surface area contributed by atoms with Crippen molar-refractivity contribution in [3.63, 3.8) is 0 Å². The SMILES string of the molecule is Cc1nc(Oc2ccc(NC(=O)c3cccc(OC(F)(F)F)c3)cc2)cc(-n2ccnc2C)n1. The van der Waals surface area contributed by atoms with Crippen molar-refractivity contribution in [3.8, 4) is 23.2 Å². The van der Waals surface area contributed by atoms with E-state index in [2.05, 4.69) is 25.0 Å². The third-order valence-corrected chi connectivity index (χ3v) is 4.54. The Morgan fingerprint density at radius 2 is 1.76 bits per heavy atom. The minimum atomic E-state index is -4.84. The van der Waals surface area contributed by atoms with Crippen LogP contribution in [0.1, 0.15) is 22.0 Å². The Kier molecular flexibility index (Phi) is 6.17. The molecule has 174 valence electrons. The molecule has 0 spiro atoms. The molecule has 11 heteroatoms. The van der Waals surface area contributed by atoms with Crippen LogP contribution < -0.4 is 14.8 Å². The van der Waals surface area contributed by atoms with Crippen molar-refractivity contribution < 1.29 is 27.4 Å². The van der Waals surface area contributed by atoms with Crippen LogP contribution in [0.5, 0.6) is 17.4 Å². The van der Waals surface area contributed by atoms with E-state index in [0.717, 1.165) is 18.0 Å². The van der Waals surface area contributed by atoms with Gasteiger partial charge >= 0.3 is 6.36 Å². The van der Waals surface area contributed by atoms with Crippen LogP contribution in [-0.4, -0.2) is 31.8 Å². The summed E-state index contributed by atoms with van der Waals surface area (Å²) in [6, 6.07) is 12.9. The summed E-state index contributed by atoms with van der Waals surface area (Å²) in [4.78, 5) is 25.3. The van der Waals surface area contributed by atoms with Gasteiger partial charge in [0.25, 0.3) is 5.91 Å². The fourth-order valence-electron chi connectivity index (χ4n) is 3.09. The van der Waals surface area contributed by atoms with Gasteiger partial charge in [0.05, 0.1) is 0 Å². The molecule has 4 rings (SSSR count). The Labute approximate surface area is 192 Å². The lowest BCUT2D eigenvalue weighted by atomic mass is 10.2. The first-order chi connectivity index (χ1) is 16.2. The Bertz CT molecular complexity index is 1320. The maximum absolute atomic E-state index is 12.4. The van der Waals surface area contributed by atoms with Crippen molar-refractivity contribution in [1.29, 1.82) is 0 Å². The molecule has 0 unspecified atom stereocenters. The zero-order valence-corrected chi connectivity index (χ0v) is 18.0. The summed E-state index contributed by atoms with van der Waals surface area (Å²) in [6.45, 7) is 3.60. The van der Waals surface area contributed by atoms with E-state index in [9.17, 15) is 18.0 Å². The van der Waals surface area contributed by atoms with E-state index < -0.39 is 18.0 Å². The Balaban J connectivity index is 1.44. The zero-order chi connectivity index (χ0) is 24.3. The van der Waals surface area contributed by atoms with Gasteiger partial charge in [0.2, 0.25) is 5.88 Å². The summed E-state index contributed by atoms with van der Waals surface area (Å²) < 4.78 is 48.7. The molecule has 1 amide bonds. The summed E-state index contributed by atoms with van der Waals surface area (Å²) in [5.74, 6) is 1.61. The number of hydrogen-bond donors (Lipinski definition) is 1. The number of alkyl halides is 3. The normalized spacial score (nSPS) is 11.2. The number of aryl methyl sites for hydroxylation is 2. The summed E-state index contributed by atoms with van der Waals surface area (Å²) in [5, 5.41) is 2.62. The smallest absolute Gasteiger partial charge is 0.439 e. The van der Waals surface area contributed by atoms with E-state index >= 15 is 0 Å². The van der Waals surface area contributed by atoms with Gasteiger partial charge in [-0.25, -0.2) is 9.97 Å². The first-order valence-corrected chi connectivity index (χ1v) is 9.97. The number of imidazole rings is 1.